The highest BCUT2D eigenvalue weighted by Gasteiger charge is 2.32. The maximum absolute atomic E-state index is 11.9. The van der Waals surface area contributed by atoms with E-state index in [-0.39, 0.29) is 5.91 Å². The molecule has 0 bridgehead atoms. The van der Waals surface area contributed by atoms with E-state index < -0.39 is 0 Å². The van der Waals surface area contributed by atoms with Gasteiger partial charge in [0.1, 0.15) is 5.75 Å². The molecule has 3 nitrogen and oxygen atoms in total. The molecule has 0 aromatic heterocycles. The predicted octanol–water partition coefficient (Wildman–Crippen LogP) is 2.71. The number of nitrogens with one attached hydrogen (secondary N) is 1. The Hall–Kier alpha value is -1.51. The standard InChI is InChI=1S/C15H19NO2/c1-18-11-6-7-12-13(8-11)14(9-16-15(12)17)10-4-2-3-5-10/h6-8,10,14H,2-5,9H2,1H3,(H,16,17). The van der Waals surface area contributed by atoms with E-state index in [1.54, 1.807) is 7.11 Å². The van der Waals surface area contributed by atoms with Crippen LogP contribution in [0.15, 0.2) is 18.2 Å². The fraction of sp³-hybridized carbons (Fsp3) is 0.533. The molecule has 0 saturated heterocycles. The van der Waals surface area contributed by atoms with E-state index >= 15 is 0 Å². The lowest BCUT2D eigenvalue weighted by molar-refractivity contribution is 0.0934. The van der Waals surface area contributed by atoms with Gasteiger partial charge in [0.05, 0.1) is 7.11 Å². The third-order valence-electron chi connectivity index (χ3n) is 4.35. The average Bonchev–Trinajstić information content (AvgIpc) is 2.92. The third kappa shape index (κ3) is 1.88. The van der Waals surface area contributed by atoms with Crippen molar-refractivity contribution in [2.45, 2.75) is 31.6 Å². The van der Waals surface area contributed by atoms with Crippen LogP contribution < -0.4 is 10.1 Å². The molecular formula is C15H19NO2. The molecule has 0 radical (unpaired) electrons. The second kappa shape index (κ2) is 4.63. The molecule has 1 aliphatic heterocycles. The largest absolute Gasteiger partial charge is 0.497 e. The normalized spacial score (nSPS) is 23.6. The van der Waals surface area contributed by atoms with E-state index in [2.05, 4.69) is 11.4 Å². The van der Waals surface area contributed by atoms with Crippen LogP contribution in [-0.2, 0) is 0 Å². The van der Waals surface area contributed by atoms with Crippen molar-refractivity contribution in [3.05, 3.63) is 29.3 Å². The van der Waals surface area contributed by atoms with Crippen molar-refractivity contribution in [2.75, 3.05) is 13.7 Å². The van der Waals surface area contributed by atoms with Crippen molar-refractivity contribution in [2.24, 2.45) is 5.92 Å². The van der Waals surface area contributed by atoms with Gasteiger partial charge < -0.3 is 10.1 Å². The second-order valence-electron chi connectivity index (χ2n) is 5.31. The van der Waals surface area contributed by atoms with Crippen molar-refractivity contribution < 1.29 is 9.53 Å². The van der Waals surface area contributed by atoms with Crippen molar-refractivity contribution in [3.8, 4) is 5.75 Å². The first-order chi connectivity index (χ1) is 8.79. The molecule has 1 fully saturated rings. The summed E-state index contributed by atoms with van der Waals surface area (Å²) in [5.41, 5.74) is 2.02. The summed E-state index contributed by atoms with van der Waals surface area (Å²) in [7, 11) is 1.68. The van der Waals surface area contributed by atoms with Crippen LogP contribution in [0.2, 0.25) is 0 Å². The lowest BCUT2D eigenvalue weighted by atomic mass is 9.80. The fourth-order valence-corrected chi connectivity index (χ4v) is 3.37. The van der Waals surface area contributed by atoms with Gasteiger partial charge in [0, 0.05) is 18.0 Å². The Morgan fingerprint density at radius 1 is 1.28 bits per heavy atom. The van der Waals surface area contributed by atoms with E-state index in [1.807, 2.05) is 12.1 Å². The zero-order valence-corrected chi connectivity index (χ0v) is 10.7. The number of rotatable bonds is 2. The lowest BCUT2D eigenvalue weighted by Gasteiger charge is -2.30. The van der Waals surface area contributed by atoms with Gasteiger partial charge in [0.15, 0.2) is 0 Å². The molecule has 1 aromatic rings. The Labute approximate surface area is 108 Å². The summed E-state index contributed by atoms with van der Waals surface area (Å²) in [5, 5.41) is 3.02. The van der Waals surface area contributed by atoms with E-state index in [9.17, 15) is 4.79 Å². The third-order valence-corrected chi connectivity index (χ3v) is 4.35. The Bertz CT molecular complexity index is 464. The van der Waals surface area contributed by atoms with Crippen LogP contribution in [0, 0.1) is 5.92 Å². The summed E-state index contributed by atoms with van der Waals surface area (Å²) < 4.78 is 5.29. The summed E-state index contributed by atoms with van der Waals surface area (Å²) in [6, 6.07) is 5.82. The van der Waals surface area contributed by atoms with Gasteiger partial charge in [-0.25, -0.2) is 0 Å². The monoisotopic (exact) mass is 245 g/mol. The van der Waals surface area contributed by atoms with Crippen LogP contribution in [0.5, 0.6) is 5.75 Å². The van der Waals surface area contributed by atoms with Gasteiger partial charge in [-0.15, -0.1) is 0 Å². The first kappa shape index (κ1) is 11.6. The van der Waals surface area contributed by atoms with Crippen LogP contribution in [0.1, 0.15) is 47.5 Å². The Kier molecular flexibility index (Phi) is 2.98. The number of carbonyl (C=O) groups excluding carboxylic acids is 1. The molecule has 1 unspecified atom stereocenters. The summed E-state index contributed by atoms with van der Waals surface area (Å²) >= 11 is 0. The molecule has 2 aliphatic rings. The van der Waals surface area contributed by atoms with Crippen LogP contribution in [0.4, 0.5) is 0 Å². The molecule has 1 atom stereocenters. The quantitative estimate of drug-likeness (QED) is 0.870. The molecule has 1 aliphatic carbocycles. The number of ether oxygens (including phenoxy) is 1. The number of hydrogen-bond acceptors (Lipinski definition) is 2. The van der Waals surface area contributed by atoms with Gasteiger partial charge in [0.25, 0.3) is 5.91 Å². The van der Waals surface area contributed by atoms with E-state index in [0.717, 1.165) is 23.8 Å². The van der Waals surface area contributed by atoms with Gasteiger partial charge >= 0.3 is 0 Å². The minimum Gasteiger partial charge on any atom is -0.497 e. The van der Waals surface area contributed by atoms with Crippen LogP contribution in [-0.4, -0.2) is 19.6 Å². The van der Waals surface area contributed by atoms with Gasteiger partial charge in [-0.2, -0.15) is 0 Å². The molecule has 0 spiro atoms. The first-order valence-corrected chi connectivity index (χ1v) is 6.75. The zero-order chi connectivity index (χ0) is 12.5. The number of benzene rings is 1. The summed E-state index contributed by atoms with van der Waals surface area (Å²) in [6.07, 6.45) is 5.23. The van der Waals surface area contributed by atoms with Crippen molar-refractivity contribution in [1.29, 1.82) is 0 Å². The van der Waals surface area contributed by atoms with E-state index in [0.29, 0.717) is 5.92 Å². The van der Waals surface area contributed by atoms with E-state index in [4.69, 9.17) is 4.74 Å². The lowest BCUT2D eigenvalue weighted by Crippen LogP contribution is -2.37. The highest BCUT2D eigenvalue weighted by molar-refractivity contribution is 5.97. The topological polar surface area (TPSA) is 38.3 Å². The van der Waals surface area contributed by atoms with Crippen molar-refractivity contribution >= 4 is 5.91 Å². The second-order valence-corrected chi connectivity index (χ2v) is 5.31. The van der Waals surface area contributed by atoms with Crippen molar-refractivity contribution in [1.82, 2.24) is 5.32 Å². The zero-order valence-electron chi connectivity index (χ0n) is 10.7. The number of methoxy groups -OCH3 is 1. The molecule has 1 amide bonds. The Balaban J connectivity index is 2.00. The summed E-state index contributed by atoms with van der Waals surface area (Å²) in [6.45, 7) is 0.781. The van der Waals surface area contributed by atoms with E-state index in [1.165, 1.54) is 31.2 Å². The maximum Gasteiger partial charge on any atom is 0.251 e. The minimum atomic E-state index is 0.0573. The van der Waals surface area contributed by atoms with Crippen LogP contribution in [0.25, 0.3) is 0 Å². The SMILES string of the molecule is COc1ccc2c(c1)C(C1CCCC1)CNC2=O. The summed E-state index contributed by atoms with van der Waals surface area (Å²) in [5.74, 6) is 2.10. The number of fused-ring (bicyclic) bond motifs is 1. The highest BCUT2D eigenvalue weighted by atomic mass is 16.5. The molecule has 1 N–H and O–H groups in total. The number of carbonyl (C=O) groups is 1. The Morgan fingerprint density at radius 2 is 2.06 bits per heavy atom. The first-order valence-electron chi connectivity index (χ1n) is 6.75. The van der Waals surface area contributed by atoms with Gasteiger partial charge in [-0.3, -0.25) is 4.79 Å². The van der Waals surface area contributed by atoms with Gasteiger partial charge in [-0.05, 0) is 42.5 Å². The molecular weight excluding hydrogens is 226 g/mol. The Morgan fingerprint density at radius 3 is 2.78 bits per heavy atom. The minimum absolute atomic E-state index is 0.0573. The average molecular weight is 245 g/mol. The molecule has 18 heavy (non-hydrogen) atoms. The predicted molar refractivity (Wildman–Crippen MR) is 70.0 cm³/mol. The molecule has 1 aromatic carbocycles. The van der Waals surface area contributed by atoms with Crippen molar-refractivity contribution in [3.63, 3.8) is 0 Å². The molecule has 1 saturated carbocycles. The fourth-order valence-electron chi connectivity index (χ4n) is 3.37. The molecule has 96 valence electrons. The van der Waals surface area contributed by atoms with Gasteiger partial charge in [0.2, 0.25) is 0 Å². The molecule has 3 heteroatoms. The van der Waals surface area contributed by atoms with Crippen LogP contribution in [0.3, 0.4) is 0 Å². The number of amides is 1. The molecule has 1 heterocycles. The number of hydrogen-bond donors (Lipinski definition) is 1. The highest BCUT2D eigenvalue weighted by Crippen LogP contribution is 2.40. The molecule has 3 rings (SSSR count). The van der Waals surface area contributed by atoms with Gasteiger partial charge in [-0.1, -0.05) is 12.8 Å². The van der Waals surface area contributed by atoms with Crippen LogP contribution >= 0.6 is 0 Å². The maximum atomic E-state index is 11.9. The summed E-state index contributed by atoms with van der Waals surface area (Å²) in [4.78, 5) is 11.9. The smallest absolute Gasteiger partial charge is 0.251 e.